The van der Waals surface area contributed by atoms with E-state index in [9.17, 15) is 14.4 Å². The summed E-state index contributed by atoms with van der Waals surface area (Å²) in [5, 5.41) is 2.26. The van der Waals surface area contributed by atoms with Crippen LogP contribution in [-0.4, -0.2) is 24.5 Å². The molecule has 1 N–H and O–H groups in total. The van der Waals surface area contributed by atoms with Crippen LogP contribution in [0.2, 0.25) is 0 Å². The second kappa shape index (κ2) is 11.0. The number of rotatable bonds is 6. The van der Waals surface area contributed by atoms with Crippen LogP contribution >= 0.6 is 54.5 Å². The molecule has 1 heterocycles. The molecule has 1 fully saturated rings. The Balaban J connectivity index is 1.72. The predicted octanol–water partition coefficient (Wildman–Crippen LogP) is 6.47. The number of imide groups is 2. The number of nitrogens with one attached hydrogen (secondary N) is 1. The van der Waals surface area contributed by atoms with Crippen LogP contribution in [0.15, 0.2) is 75.2 Å². The maximum Gasteiger partial charge on any atom is 0.335 e. The molecule has 0 radical (unpaired) electrons. The van der Waals surface area contributed by atoms with Gasteiger partial charge in [-0.15, -0.1) is 0 Å². The second-order valence-corrected chi connectivity index (χ2v) is 10.5. The van der Waals surface area contributed by atoms with Crippen molar-refractivity contribution in [2.24, 2.45) is 0 Å². The highest BCUT2D eigenvalue weighted by Gasteiger charge is 2.36. The van der Waals surface area contributed by atoms with E-state index < -0.39 is 17.8 Å². The number of carbonyl (C=O) groups excluding carboxylic acids is 3. The molecule has 0 saturated carbocycles. The Morgan fingerprint density at radius 3 is 2.43 bits per heavy atom. The number of barbiturate groups is 1. The Morgan fingerprint density at radius 1 is 1.03 bits per heavy atom. The quantitative estimate of drug-likeness (QED) is 0.181. The van der Waals surface area contributed by atoms with Gasteiger partial charge in [-0.05, 0) is 89.2 Å². The van der Waals surface area contributed by atoms with Crippen LogP contribution in [0.1, 0.15) is 23.6 Å². The minimum atomic E-state index is -0.784. The Morgan fingerprint density at radius 2 is 1.74 bits per heavy atom. The van der Waals surface area contributed by atoms with Gasteiger partial charge in [-0.25, -0.2) is 9.69 Å². The number of halogens is 3. The van der Waals surface area contributed by atoms with E-state index in [-0.39, 0.29) is 5.57 Å². The first-order valence-corrected chi connectivity index (χ1v) is 13.3. The third-order valence-corrected chi connectivity index (χ3v) is 7.56. The van der Waals surface area contributed by atoms with Gasteiger partial charge in [0.15, 0.2) is 0 Å². The Hall–Kier alpha value is -2.50. The average molecular weight is 710 g/mol. The molecule has 178 valence electrons. The third-order valence-electron chi connectivity index (χ3n) is 5.30. The fourth-order valence-corrected chi connectivity index (χ4v) is 5.16. The number of ether oxygens (including phenoxy) is 1. The number of carbonyl (C=O) groups is 3. The summed E-state index contributed by atoms with van der Waals surface area (Å²) in [5.41, 5.74) is 2.97. The van der Waals surface area contributed by atoms with E-state index in [0.29, 0.717) is 30.0 Å². The highest BCUT2D eigenvalue weighted by Crippen LogP contribution is 2.32. The van der Waals surface area contributed by atoms with Crippen LogP contribution in [0.3, 0.4) is 0 Å². The van der Waals surface area contributed by atoms with Crippen molar-refractivity contribution in [2.45, 2.75) is 13.3 Å². The second-order valence-electron chi connectivity index (χ2n) is 7.61. The topological polar surface area (TPSA) is 75.7 Å². The zero-order valence-corrected chi connectivity index (χ0v) is 23.8. The zero-order chi connectivity index (χ0) is 25.1. The zero-order valence-electron chi connectivity index (χ0n) is 18.5. The van der Waals surface area contributed by atoms with Crippen molar-refractivity contribution >= 4 is 84.1 Å². The summed E-state index contributed by atoms with van der Waals surface area (Å²) < 4.78 is 8.67. The van der Waals surface area contributed by atoms with E-state index in [2.05, 4.69) is 59.8 Å². The highest BCUT2D eigenvalue weighted by atomic mass is 127. The van der Waals surface area contributed by atoms with Gasteiger partial charge in [-0.3, -0.25) is 14.9 Å². The van der Waals surface area contributed by atoms with Crippen LogP contribution in [0.5, 0.6) is 5.75 Å². The molecule has 1 aliphatic rings. The smallest absolute Gasteiger partial charge is 0.335 e. The van der Waals surface area contributed by atoms with Gasteiger partial charge >= 0.3 is 6.03 Å². The summed E-state index contributed by atoms with van der Waals surface area (Å²) in [4.78, 5) is 39.2. The van der Waals surface area contributed by atoms with Crippen LogP contribution in [0.4, 0.5) is 10.5 Å². The number of urea groups is 1. The molecule has 6 nitrogen and oxygen atoms in total. The van der Waals surface area contributed by atoms with Crippen molar-refractivity contribution < 1.29 is 19.1 Å². The van der Waals surface area contributed by atoms with Crippen LogP contribution < -0.4 is 15.0 Å². The predicted molar refractivity (Wildman–Crippen MR) is 150 cm³/mol. The van der Waals surface area contributed by atoms with Gasteiger partial charge in [0.05, 0.1) is 12.3 Å². The molecule has 1 aliphatic heterocycles. The monoisotopic (exact) mass is 708 g/mol. The molecular formula is C26H19Br2IN2O4. The molecule has 0 unspecified atom stereocenters. The van der Waals surface area contributed by atoms with Crippen LogP contribution in [0.25, 0.3) is 6.08 Å². The summed E-state index contributed by atoms with van der Waals surface area (Å²) >= 11 is 9.17. The number of amides is 4. The van der Waals surface area contributed by atoms with Crippen LogP contribution in [0, 0.1) is 3.57 Å². The van der Waals surface area contributed by atoms with Crippen molar-refractivity contribution in [1.82, 2.24) is 5.32 Å². The highest BCUT2D eigenvalue weighted by molar-refractivity contribution is 14.1. The summed E-state index contributed by atoms with van der Waals surface area (Å²) in [7, 11) is 0. The summed E-state index contributed by atoms with van der Waals surface area (Å²) in [6.07, 6.45) is 2.14. The van der Waals surface area contributed by atoms with Crippen LogP contribution in [-0.2, 0) is 16.0 Å². The number of nitrogens with zero attached hydrogens (tertiary/aromatic N) is 1. The van der Waals surface area contributed by atoms with E-state index in [1.807, 2.05) is 43.3 Å². The van der Waals surface area contributed by atoms with Crippen molar-refractivity contribution in [3.8, 4) is 5.75 Å². The molecule has 0 spiro atoms. The molecule has 9 heteroatoms. The first kappa shape index (κ1) is 25.6. The molecular weight excluding hydrogens is 691 g/mol. The van der Waals surface area contributed by atoms with Crippen molar-refractivity contribution in [3.05, 3.63) is 95.4 Å². The molecule has 0 aromatic heterocycles. The Labute approximate surface area is 233 Å². The Kier molecular flexibility index (Phi) is 8.08. The SMILES string of the molecule is CCOc1cc(/C=C2\C(=O)NC(=O)N(c3ccc(Br)cc3)C2=O)cc(I)c1Cc1ccccc1Br. The lowest BCUT2D eigenvalue weighted by Gasteiger charge is -2.26. The van der Waals surface area contributed by atoms with Gasteiger partial charge in [0.2, 0.25) is 0 Å². The van der Waals surface area contributed by atoms with E-state index in [0.717, 1.165) is 28.5 Å². The summed E-state index contributed by atoms with van der Waals surface area (Å²) in [5.74, 6) is -0.753. The van der Waals surface area contributed by atoms with E-state index in [1.54, 1.807) is 24.3 Å². The Bertz CT molecular complexity index is 1360. The summed E-state index contributed by atoms with van der Waals surface area (Å²) in [6, 6.07) is 17.6. The normalized spacial score (nSPS) is 14.9. The van der Waals surface area contributed by atoms with Gasteiger partial charge in [0, 0.05) is 24.5 Å². The van der Waals surface area contributed by atoms with Gasteiger partial charge < -0.3 is 4.74 Å². The number of anilines is 1. The average Bonchev–Trinajstić information content (AvgIpc) is 2.81. The van der Waals surface area contributed by atoms with Crippen molar-refractivity contribution in [2.75, 3.05) is 11.5 Å². The standard InChI is InChI=1S/C26H19Br2IN2O4/c1-2-35-23-13-15(12-22(29)19(23)14-16-5-3-4-6-21(16)28)11-20-24(32)30-26(34)31(25(20)33)18-9-7-17(27)8-10-18/h3-13H,2,14H2,1H3,(H,30,32,34)/b20-11+. The molecule has 0 aliphatic carbocycles. The van der Waals surface area contributed by atoms with Crippen molar-refractivity contribution in [1.29, 1.82) is 0 Å². The van der Waals surface area contributed by atoms with E-state index >= 15 is 0 Å². The molecule has 35 heavy (non-hydrogen) atoms. The van der Waals surface area contributed by atoms with Gasteiger partial charge in [-0.2, -0.15) is 0 Å². The third kappa shape index (κ3) is 5.68. The fourth-order valence-electron chi connectivity index (χ4n) is 3.65. The maximum atomic E-state index is 13.2. The molecule has 4 rings (SSSR count). The largest absolute Gasteiger partial charge is 0.494 e. The first-order chi connectivity index (χ1) is 16.8. The number of benzene rings is 3. The molecule has 0 atom stereocenters. The molecule has 3 aromatic carbocycles. The van der Waals surface area contributed by atoms with Gasteiger partial charge in [0.1, 0.15) is 11.3 Å². The minimum Gasteiger partial charge on any atom is -0.494 e. The van der Waals surface area contributed by atoms with E-state index in [1.165, 1.54) is 6.08 Å². The minimum absolute atomic E-state index is 0.135. The molecule has 4 amide bonds. The lowest BCUT2D eigenvalue weighted by molar-refractivity contribution is -0.122. The molecule has 0 bridgehead atoms. The number of hydrogen-bond acceptors (Lipinski definition) is 4. The molecule has 3 aromatic rings. The maximum absolute atomic E-state index is 13.2. The van der Waals surface area contributed by atoms with Gasteiger partial charge in [-0.1, -0.05) is 50.1 Å². The fraction of sp³-hybridized carbons (Fsp3) is 0.115. The first-order valence-electron chi connectivity index (χ1n) is 10.6. The number of hydrogen-bond donors (Lipinski definition) is 1. The molecule has 1 saturated heterocycles. The lowest BCUT2D eigenvalue weighted by Crippen LogP contribution is -2.54. The summed E-state index contributed by atoms with van der Waals surface area (Å²) in [6.45, 7) is 2.37. The van der Waals surface area contributed by atoms with E-state index in [4.69, 9.17) is 4.74 Å². The lowest BCUT2D eigenvalue weighted by atomic mass is 10.0. The van der Waals surface area contributed by atoms with Crippen molar-refractivity contribution in [3.63, 3.8) is 0 Å². The van der Waals surface area contributed by atoms with Gasteiger partial charge in [0.25, 0.3) is 11.8 Å².